The molecule has 18 heavy (non-hydrogen) atoms. The van der Waals surface area contributed by atoms with Crippen molar-refractivity contribution < 1.29 is 12.7 Å². The first kappa shape index (κ1) is 15.6. The monoisotopic (exact) mass is 329 g/mol. The fourth-order valence-electron chi connectivity index (χ4n) is 0.911. The van der Waals surface area contributed by atoms with Crippen molar-refractivity contribution >= 4 is 50.1 Å². The lowest BCUT2D eigenvalue weighted by molar-refractivity contribution is 0.335. The first-order chi connectivity index (χ1) is 8.25. The molecule has 0 amide bonds. The highest BCUT2D eigenvalue weighted by atomic mass is 35.5. The van der Waals surface area contributed by atoms with Gasteiger partial charge in [-0.15, -0.1) is 0 Å². The molecule has 8 heteroatoms. The van der Waals surface area contributed by atoms with Gasteiger partial charge in [-0.2, -0.15) is 8.42 Å². The van der Waals surface area contributed by atoms with Gasteiger partial charge < -0.3 is 0 Å². The quantitative estimate of drug-likeness (QED) is 0.625. The van der Waals surface area contributed by atoms with E-state index in [0.29, 0.717) is 0 Å². The summed E-state index contributed by atoms with van der Waals surface area (Å²) in [6, 6.07) is 4.74. The second-order valence-corrected chi connectivity index (χ2v) is 6.84. The van der Waals surface area contributed by atoms with Gasteiger partial charge in [0.1, 0.15) is 0 Å². The molecule has 100 valence electrons. The molecule has 0 heterocycles. The average molecular weight is 331 g/mol. The van der Waals surface area contributed by atoms with Gasteiger partial charge in [-0.05, 0) is 26.0 Å². The van der Waals surface area contributed by atoms with Crippen LogP contribution in [0.5, 0.6) is 0 Å². The number of halogens is 3. The van der Waals surface area contributed by atoms with Crippen LogP contribution in [-0.4, -0.2) is 18.8 Å². The SMILES string of the molecule is CC(C)S(=O)(=O)ON=C(Cl)c1c(Cl)cccc1Cl. The lowest BCUT2D eigenvalue weighted by Gasteiger charge is -2.06. The van der Waals surface area contributed by atoms with Crippen LogP contribution < -0.4 is 0 Å². The van der Waals surface area contributed by atoms with Crippen molar-refractivity contribution in [2.24, 2.45) is 5.16 Å². The Morgan fingerprint density at radius 3 is 2.22 bits per heavy atom. The van der Waals surface area contributed by atoms with Gasteiger partial charge in [-0.3, -0.25) is 4.28 Å². The van der Waals surface area contributed by atoms with E-state index < -0.39 is 15.4 Å². The fourth-order valence-corrected chi connectivity index (χ4v) is 2.21. The smallest absolute Gasteiger partial charge is 0.267 e. The maximum absolute atomic E-state index is 11.4. The van der Waals surface area contributed by atoms with E-state index >= 15 is 0 Å². The molecule has 1 rings (SSSR count). The van der Waals surface area contributed by atoms with Gasteiger partial charge in [-0.1, -0.05) is 46.0 Å². The molecule has 0 bridgehead atoms. The van der Waals surface area contributed by atoms with Gasteiger partial charge >= 0.3 is 10.1 Å². The zero-order chi connectivity index (χ0) is 13.9. The first-order valence-electron chi connectivity index (χ1n) is 4.86. The van der Waals surface area contributed by atoms with Crippen molar-refractivity contribution in [3.8, 4) is 0 Å². The molecule has 0 saturated heterocycles. The topological polar surface area (TPSA) is 55.7 Å². The van der Waals surface area contributed by atoms with Crippen LogP contribution in [0.15, 0.2) is 23.4 Å². The van der Waals surface area contributed by atoms with Crippen molar-refractivity contribution in [2.45, 2.75) is 19.1 Å². The van der Waals surface area contributed by atoms with Crippen LogP contribution in [-0.2, 0) is 14.4 Å². The van der Waals surface area contributed by atoms with Crippen LogP contribution in [0.2, 0.25) is 10.0 Å². The lowest BCUT2D eigenvalue weighted by Crippen LogP contribution is -2.15. The molecule has 0 aliphatic rings. The number of nitrogens with zero attached hydrogens (tertiary/aromatic N) is 1. The molecule has 1 aromatic carbocycles. The molecule has 4 nitrogen and oxygen atoms in total. The van der Waals surface area contributed by atoms with Crippen LogP contribution in [0.1, 0.15) is 19.4 Å². The van der Waals surface area contributed by atoms with Crippen LogP contribution in [0.25, 0.3) is 0 Å². The van der Waals surface area contributed by atoms with E-state index in [0.717, 1.165) is 0 Å². The third kappa shape index (κ3) is 3.75. The molecule has 0 atom stereocenters. The number of oxime groups is 1. The summed E-state index contributed by atoms with van der Waals surface area (Å²) in [6.07, 6.45) is 0. The molecular formula is C10H10Cl3NO3S. The van der Waals surface area contributed by atoms with E-state index in [1.807, 2.05) is 0 Å². The zero-order valence-electron chi connectivity index (χ0n) is 9.52. The summed E-state index contributed by atoms with van der Waals surface area (Å²) in [6.45, 7) is 2.92. The van der Waals surface area contributed by atoms with Crippen LogP contribution in [0.3, 0.4) is 0 Å². The first-order valence-corrected chi connectivity index (χ1v) is 7.46. The normalized spacial score (nSPS) is 12.9. The maximum Gasteiger partial charge on any atom is 0.330 e. The number of hydrogen-bond donors (Lipinski definition) is 0. The van der Waals surface area contributed by atoms with Gasteiger partial charge in [0, 0.05) is 0 Å². The third-order valence-corrected chi connectivity index (χ3v) is 4.29. The maximum atomic E-state index is 11.4. The van der Waals surface area contributed by atoms with Gasteiger partial charge in [0.2, 0.25) is 0 Å². The van der Waals surface area contributed by atoms with E-state index in [1.165, 1.54) is 13.8 Å². The fraction of sp³-hybridized carbons (Fsp3) is 0.300. The molecule has 0 aliphatic carbocycles. The van der Waals surface area contributed by atoms with E-state index in [1.54, 1.807) is 18.2 Å². The van der Waals surface area contributed by atoms with Gasteiger partial charge in [-0.25, -0.2) is 0 Å². The number of rotatable bonds is 4. The van der Waals surface area contributed by atoms with Crippen LogP contribution in [0.4, 0.5) is 0 Å². The highest BCUT2D eigenvalue weighted by molar-refractivity contribution is 7.87. The minimum absolute atomic E-state index is 0.224. The summed E-state index contributed by atoms with van der Waals surface area (Å²) >= 11 is 17.6. The summed E-state index contributed by atoms with van der Waals surface area (Å²) in [5.74, 6) is 0. The summed E-state index contributed by atoms with van der Waals surface area (Å²) in [4.78, 5) is 0. The minimum Gasteiger partial charge on any atom is -0.267 e. The Kier molecular flexibility index (Phi) is 5.28. The highest BCUT2D eigenvalue weighted by Crippen LogP contribution is 2.26. The molecule has 0 radical (unpaired) electrons. The van der Waals surface area contributed by atoms with Crippen molar-refractivity contribution in [1.82, 2.24) is 0 Å². The molecule has 0 N–H and O–H groups in total. The molecule has 0 aromatic heterocycles. The van der Waals surface area contributed by atoms with Gasteiger partial charge in [0.05, 0.1) is 20.9 Å². The Morgan fingerprint density at radius 1 is 1.28 bits per heavy atom. The van der Waals surface area contributed by atoms with E-state index in [4.69, 9.17) is 34.8 Å². The summed E-state index contributed by atoms with van der Waals surface area (Å²) in [5, 5.41) is 2.88. The lowest BCUT2D eigenvalue weighted by atomic mass is 10.2. The highest BCUT2D eigenvalue weighted by Gasteiger charge is 2.19. The Labute approximate surface area is 121 Å². The van der Waals surface area contributed by atoms with Crippen molar-refractivity contribution in [3.05, 3.63) is 33.8 Å². The second-order valence-electron chi connectivity index (χ2n) is 3.59. The zero-order valence-corrected chi connectivity index (χ0v) is 12.6. The standard InChI is InChI=1S/C10H10Cl3NO3S/c1-6(2)18(15,16)17-14-10(13)9-7(11)4-3-5-8(9)12/h3-6H,1-2H3. The Hall–Kier alpha value is -0.490. The number of hydrogen-bond acceptors (Lipinski definition) is 4. The molecule has 1 aromatic rings. The van der Waals surface area contributed by atoms with Crippen LogP contribution in [0, 0.1) is 0 Å². The van der Waals surface area contributed by atoms with Crippen molar-refractivity contribution in [2.75, 3.05) is 0 Å². The molecule has 0 fully saturated rings. The predicted octanol–water partition coefficient (Wildman–Crippen LogP) is 3.65. The summed E-state index contributed by atoms with van der Waals surface area (Å²) < 4.78 is 27.2. The van der Waals surface area contributed by atoms with Crippen molar-refractivity contribution in [1.29, 1.82) is 0 Å². The Morgan fingerprint density at radius 2 is 1.78 bits per heavy atom. The average Bonchev–Trinajstić information content (AvgIpc) is 2.26. The van der Waals surface area contributed by atoms with Gasteiger partial charge in [0.25, 0.3) is 0 Å². The predicted molar refractivity (Wildman–Crippen MR) is 74.0 cm³/mol. The third-order valence-electron chi connectivity index (χ3n) is 1.97. The number of benzene rings is 1. The Balaban J connectivity index is 3.05. The molecule has 0 unspecified atom stereocenters. The summed E-state index contributed by atoms with van der Waals surface area (Å²) in [5.41, 5.74) is 0.224. The second kappa shape index (κ2) is 6.10. The van der Waals surface area contributed by atoms with Crippen LogP contribution >= 0.6 is 34.8 Å². The Bertz CT molecular complexity index is 549. The largest absolute Gasteiger partial charge is 0.330 e. The van der Waals surface area contributed by atoms with Crippen molar-refractivity contribution in [3.63, 3.8) is 0 Å². The summed E-state index contributed by atoms with van der Waals surface area (Å²) in [7, 11) is -3.79. The molecule has 0 saturated carbocycles. The molecular weight excluding hydrogens is 321 g/mol. The van der Waals surface area contributed by atoms with Gasteiger partial charge in [0.15, 0.2) is 5.17 Å². The van der Waals surface area contributed by atoms with E-state index in [-0.39, 0.29) is 20.8 Å². The van der Waals surface area contributed by atoms with E-state index in [9.17, 15) is 8.42 Å². The minimum atomic E-state index is -3.79. The molecule has 0 spiro atoms. The van der Waals surface area contributed by atoms with E-state index in [2.05, 4.69) is 9.44 Å². The molecule has 0 aliphatic heterocycles.